The number of rotatable bonds is 4. The van der Waals surface area contributed by atoms with E-state index < -0.39 is 4.92 Å². The Labute approximate surface area is 117 Å². The molecule has 1 aliphatic carbocycles. The zero-order valence-corrected chi connectivity index (χ0v) is 11.2. The van der Waals surface area contributed by atoms with Gasteiger partial charge >= 0.3 is 0 Å². The Balaban J connectivity index is 2.13. The molecule has 6 nitrogen and oxygen atoms in total. The maximum atomic E-state index is 10.7. The van der Waals surface area contributed by atoms with E-state index in [1.165, 1.54) is 18.2 Å². The average molecular weight is 276 g/mol. The van der Waals surface area contributed by atoms with Crippen LogP contribution in [0.3, 0.4) is 0 Å². The van der Waals surface area contributed by atoms with Gasteiger partial charge in [-0.3, -0.25) is 10.1 Å². The van der Waals surface area contributed by atoms with Crippen molar-refractivity contribution in [3.63, 3.8) is 0 Å². The summed E-state index contributed by atoms with van der Waals surface area (Å²) >= 11 is 0. The predicted octanol–water partition coefficient (Wildman–Crippen LogP) is 2.80. The molecule has 0 saturated heterocycles. The summed E-state index contributed by atoms with van der Waals surface area (Å²) in [6, 6.07) is 6.03. The van der Waals surface area contributed by atoms with Gasteiger partial charge in [0.25, 0.3) is 5.69 Å². The van der Waals surface area contributed by atoms with Gasteiger partial charge in [-0.15, -0.1) is 0 Å². The Morgan fingerprint density at radius 2 is 2.15 bits per heavy atom. The van der Waals surface area contributed by atoms with Crippen molar-refractivity contribution >= 4 is 5.69 Å². The SMILES string of the molecule is COC1CCCC(Oc2ccc([N+](=O)[O-])cc2C#N)C1. The molecule has 0 spiro atoms. The van der Waals surface area contributed by atoms with Crippen LogP contribution in [0.2, 0.25) is 0 Å². The highest BCUT2D eigenvalue weighted by Crippen LogP contribution is 2.29. The third-order valence-electron chi connectivity index (χ3n) is 3.50. The van der Waals surface area contributed by atoms with E-state index in [1.54, 1.807) is 7.11 Å². The van der Waals surface area contributed by atoms with Gasteiger partial charge in [-0.05, 0) is 25.3 Å². The molecule has 1 saturated carbocycles. The van der Waals surface area contributed by atoms with E-state index in [4.69, 9.17) is 14.7 Å². The third-order valence-corrected chi connectivity index (χ3v) is 3.50. The lowest BCUT2D eigenvalue weighted by atomic mass is 9.95. The number of methoxy groups -OCH3 is 1. The van der Waals surface area contributed by atoms with Gasteiger partial charge in [-0.2, -0.15) is 5.26 Å². The van der Waals surface area contributed by atoms with E-state index >= 15 is 0 Å². The van der Waals surface area contributed by atoms with Crippen LogP contribution in [0.4, 0.5) is 5.69 Å². The molecule has 6 heteroatoms. The number of benzene rings is 1. The summed E-state index contributed by atoms with van der Waals surface area (Å²) in [6.45, 7) is 0. The number of nitro groups is 1. The summed E-state index contributed by atoms with van der Waals surface area (Å²) in [4.78, 5) is 10.2. The zero-order valence-electron chi connectivity index (χ0n) is 11.2. The smallest absolute Gasteiger partial charge is 0.271 e. The molecule has 106 valence electrons. The minimum absolute atomic E-state index is 0.0118. The molecule has 0 N–H and O–H groups in total. The molecule has 0 amide bonds. The van der Waals surface area contributed by atoms with E-state index in [9.17, 15) is 10.1 Å². The second-order valence-corrected chi connectivity index (χ2v) is 4.81. The molecule has 1 aromatic rings. The van der Waals surface area contributed by atoms with E-state index in [-0.39, 0.29) is 23.5 Å². The standard InChI is InChI=1S/C14H16N2O4/c1-19-12-3-2-4-13(8-12)20-14-6-5-11(16(17)18)7-10(14)9-15/h5-7,12-13H,2-4,8H2,1H3. The highest BCUT2D eigenvalue weighted by Gasteiger charge is 2.24. The molecule has 0 heterocycles. The molecule has 1 aliphatic rings. The third kappa shape index (κ3) is 3.25. The van der Waals surface area contributed by atoms with Crippen molar-refractivity contribution < 1.29 is 14.4 Å². The summed E-state index contributed by atoms with van der Waals surface area (Å²) in [7, 11) is 1.68. The first-order valence-electron chi connectivity index (χ1n) is 6.52. The maximum absolute atomic E-state index is 10.7. The molecule has 2 atom stereocenters. The van der Waals surface area contributed by atoms with Crippen LogP contribution in [-0.4, -0.2) is 24.2 Å². The number of ether oxygens (including phenoxy) is 2. The topological polar surface area (TPSA) is 85.4 Å². The fraction of sp³-hybridized carbons (Fsp3) is 0.500. The molecule has 2 rings (SSSR count). The molecule has 1 fully saturated rings. The van der Waals surface area contributed by atoms with Crippen LogP contribution in [0.5, 0.6) is 5.75 Å². The molecular formula is C14H16N2O4. The van der Waals surface area contributed by atoms with Crippen molar-refractivity contribution in [3.05, 3.63) is 33.9 Å². The minimum Gasteiger partial charge on any atom is -0.489 e. The van der Waals surface area contributed by atoms with Crippen molar-refractivity contribution in [2.45, 2.75) is 37.9 Å². The number of nitrogens with zero attached hydrogens (tertiary/aromatic N) is 2. The van der Waals surface area contributed by atoms with E-state index in [0.29, 0.717) is 5.75 Å². The number of nitriles is 1. The van der Waals surface area contributed by atoms with Gasteiger partial charge in [0.1, 0.15) is 23.5 Å². The minimum atomic E-state index is -0.522. The van der Waals surface area contributed by atoms with Crippen LogP contribution >= 0.6 is 0 Å². The molecule has 0 radical (unpaired) electrons. The van der Waals surface area contributed by atoms with Gasteiger partial charge in [-0.25, -0.2) is 0 Å². The second kappa shape index (κ2) is 6.35. The number of hydrogen-bond acceptors (Lipinski definition) is 5. The summed E-state index contributed by atoms with van der Waals surface area (Å²) < 4.78 is 11.2. The van der Waals surface area contributed by atoms with Crippen LogP contribution in [0.25, 0.3) is 0 Å². The molecule has 0 aliphatic heterocycles. The van der Waals surface area contributed by atoms with Crippen molar-refractivity contribution in [2.75, 3.05) is 7.11 Å². The van der Waals surface area contributed by atoms with E-state index in [2.05, 4.69) is 0 Å². The summed E-state index contributed by atoms with van der Waals surface area (Å²) in [5.74, 6) is 0.403. The fourth-order valence-electron chi connectivity index (χ4n) is 2.42. The lowest BCUT2D eigenvalue weighted by Crippen LogP contribution is -2.29. The normalized spacial score (nSPS) is 22.0. The molecule has 1 aromatic carbocycles. The van der Waals surface area contributed by atoms with Crippen LogP contribution in [0.1, 0.15) is 31.2 Å². The molecule has 0 aromatic heterocycles. The summed E-state index contributed by atoms with van der Waals surface area (Å²) in [5, 5.41) is 19.8. The van der Waals surface area contributed by atoms with Crippen molar-refractivity contribution in [1.29, 1.82) is 5.26 Å². The largest absolute Gasteiger partial charge is 0.489 e. The number of non-ortho nitro benzene ring substituents is 1. The van der Waals surface area contributed by atoms with Gasteiger partial charge in [0, 0.05) is 25.7 Å². The van der Waals surface area contributed by atoms with Crippen LogP contribution < -0.4 is 4.74 Å². The van der Waals surface area contributed by atoms with Crippen molar-refractivity contribution in [2.24, 2.45) is 0 Å². The Kier molecular flexibility index (Phi) is 4.53. The van der Waals surface area contributed by atoms with Gasteiger partial charge in [-0.1, -0.05) is 0 Å². The highest BCUT2D eigenvalue weighted by atomic mass is 16.6. The summed E-state index contributed by atoms with van der Waals surface area (Å²) in [6.07, 6.45) is 3.87. The Morgan fingerprint density at radius 1 is 1.40 bits per heavy atom. The van der Waals surface area contributed by atoms with Gasteiger partial charge in [0.15, 0.2) is 0 Å². The van der Waals surface area contributed by atoms with Crippen molar-refractivity contribution in [3.8, 4) is 11.8 Å². The first-order valence-corrected chi connectivity index (χ1v) is 6.52. The van der Waals surface area contributed by atoms with Gasteiger partial charge in [0.05, 0.1) is 11.0 Å². The molecule has 0 bridgehead atoms. The first kappa shape index (κ1) is 14.3. The van der Waals surface area contributed by atoms with E-state index in [0.717, 1.165) is 25.7 Å². The number of hydrogen-bond donors (Lipinski definition) is 0. The Bertz CT molecular complexity index is 538. The van der Waals surface area contributed by atoms with E-state index in [1.807, 2.05) is 6.07 Å². The molecule has 20 heavy (non-hydrogen) atoms. The predicted molar refractivity (Wildman–Crippen MR) is 71.5 cm³/mol. The Hall–Kier alpha value is -2.13. The number of nitro benzene ring substituents is 1. The maximum Gasteiger partial charge on any atom is 0.271 e. The molecular weight excluding hydrogens is 260 g/mol. The van der Waals surface area contributed by atoms with Crippen LogP contribution in [-0.2, 0) is 4.74 Å². The Morgan fingerprint density at radius 3 is 2.80 bits per heavy atom. The fourth-order valence-corrected chi connectivity index (χ4v) is 2.42. The average Bonchev–Trinajstić information content (AvgIpc) is 2.47. The monoisotopic (exact) mass is 276 g/mol. The lowest BCUT2D eigenvalue weighted by molar-refractivity contribution is -0.384. The van der Waals surface area contributed by atoms with Gasteiger partial charge < -0.3 is 9.47 Å². The van der Waals surface area contributed by atoms with Crippen LogP contribution in [0.15, 0.2) is 18.2 Å². The van der Waals surface area contributed by atoms with Gasteiger partial charge in [0.2, 0.25) is 0 Å². The second-order valence-electron chi connectivity index (χ2n) is 4.81. The highest BCUT2D eigenvalue weighted by molar-refractivity contribution is 5.50. The zero-order chi connectivity index (χ0) is 14.5. The molecule has 2 unspecified atom stereocenters. The summed E-state index contributed by atoms with van der Waals surface area (Å²) in [5.41, 5.74) is 0.0889. The van der Waals surface area contributed by atoms with Crippen LogP contribution in [0, 0.1) is 21.4 Å². The first-order chi connectivity index (χ1) is 9.63. The quantitative estimate of drug-likeness (QED) is 0.623. The lowest BCUT2D eigenvalue weighted by Gasteiger charge is -2.28. The van der Waals surface area contributed by atoms with Crippen molar-refractivity contribution in [1.82, 2.24) is 0 Å².